The van der Waals surface area contributed by atoms with E-state index < -0.39 is 0 Å². The lowest BCUT2D eigenvalue weighted by atomic mass is 9.41. The van der Waals surface area contributed by atoms with Gasteiger partial charge in [-0.05, 0) is 74.5 Å². The molecule has 2 heteroatoms. The maximum Gasteiger partial charge on any atom is 0.139 e. The van der Waals surface area contributed by atoms with Crippen LogP contribution in [0.2, 0.25) is 0 Å². The smallest absolute Gasteiger partial charge is 0.139 e. The molecular weight excluding hydrogens is 260 g/mol. The van der Waals surface area contributed by atoms with E-state index >= 15 is 0 Å². The summed E-state index contributed by atoms with van der Waals surface area (Å²) in [7, 11) is 0. The molecule has 2 aliphatic heterocycles. The molecular formula is C19H28O2. The molecule has 4 saturated carbocycles. The number of ketones is 1. The van der Waals surface area contributed by atoms with Crippen molar-refractivity contribution in [1.29, 1.82) is 0 Å². The molecule has 2 heterocycles. The van der Waals surface area contributed by atoms with Crippen molar-refractivity contribution in [2.24, 2.45) is 28.6 Å². The minimum Gasteiger partial charge on any atom is -0.371 e. The van der Waals surface area contributed by atoms with Crippen molar-refractivity contribution in [2.75, 3.05) is 0 Å². The first-order chi connectivity index (χ1) is 10.00. The minimum absolute atomic E-state index is 0.0147. The Morgan fingerprint density at radius 1 is 1.00 bits per heavy atom. The number of hydrogen-bond acceptors (Lipinski definition) is 2. The Bertz CT molecular complexity index is 514. The molecule has 6 rings (SSSR count). The van der Waals surface area contributed by atoms with E-state index in [0.717, 1.165) is 31.6 Å². The van der Waals surface area contributed by atoms with Crippen molar-refractivity contribution in [3.05, 3.63) is 0 Å². The number of Topliss-reactive ketones (excluding diaryl/α,β-unsaturated/α-hetero) is 1. The predicted molar refractivity (Wildman–Crippen MR) is 80.8 cm³/mol. The fraction of sp³-hybridized carbons (Fsp3) is 0.947. The topological polar surface area (TPSA) is 26.3 Å². The van der Waals surface area contributed by atoms with Crippen LogP contribution in [-0.2, 0) is 9.53 Å². The van der Waals surface area contributed by atoms with Crippen LogP contribution in [0, 0.1) is 28.6 Å². The lowest BCUT2D eigenvalue weighted by Gasteiger charge is -2.71. The van der Waals surface area contributed by atoms with Crippen LogP contribution in [-0.4, -0.2) is 17.5 Å². The second-order valence-electron chi connectivity index (χ2n) is 9.19. The summed E-state index contributed by atoms with van der Waals surface area (Å²) >= 11 is 0. The Morgan fingerprint density at radius 2 is 1.86 bits per heavy atom. The van der Waals surface area contributed by atoms with E-state index in [1.54, 1.807) is 0 Å². The summed E-state index contributed by atoms with van der Waals surface area (Å²) in [5, 5.41) is 0. The summed E-state index contributed by atoms with van der Waals surface area (Å²) in [5.74, 6) is 2.71. The molecule has 21 heavy (non-hydrogen) atoms. The Morgan fingerprint density at radius 3 is 2.71 bits per heavy atom. The van der Waals surface area contributed by atoms with Crippen molar-refractivity contribution in [3.8, 4) is 0 Å². The fourth-order valence-corrected chi connectivity index (χ4v) is 7.59. The van der Waals surface area contributed by atoms with Gasteiger partial charge in [-0.25, -0.2) is 0 Å². The van der Waals surface area contributed by atoms with Gasteiger partial charge in [0, 0.05) is 11.8 Å². The quantitative estimate of drug-likeness (QED) is 0.670. The van der Waals surface area contributed by atoms with E-state index in [-0.39, 0.29) is 11.0 Å². The highest BCUT2D eigenvalue weighted by Gasteiger charge is 2.71. The largest absolute Gasteiger partial charge is 0.371 e. The molecule has 0 aromatic rings. The number of rotatable bonds is 0. The number of fused-ring (bicyclic) bond motifs is 3. The van der Waals surface area contributed by atoms with Crippen molar-refractivity contribution in [2.45, 2.75) is 83.3 Å². The lowest BCUT2D eigenvalue weighted by Crippen LogP contribution is -2.71. The molecule has 6 aliphatic rings. The third kappa shape index (κ3) is 1.30. The summed E-state index contributed by atoms with van der Waals surface area (Å²) < 4.78 is 6.83. The van der Waals surface area contributed by atoms with Gasteiger partial charge in [0.05, 0.1) is 11.7 Å². The van der Waals surface area contributed by atoms with Gasteiger partial charge in [-0.2, -0.15) is 0 Å². The van der Waals surface area contributed by atoms with Crippen molar-refractivity contribution in [3.63, 3.8) is 0 Å². The zero-order chi connectivity index (χ0) is 14.5. The molecule has 2 saturated heterocycles. The fourth-order valence-electron chi connectivity index (χ4n) is 7.59. The summed E-state index contributed by atoms with van der Waals surface area (Å²) in [6, 6.07) is 0. The van der Waals surface area contributed by atoms with Crippen LogP contribution in [0.25, 0.3) is 0 Å². The third-order valence-corrected chi connectivity index (χ3v) is 8.84. The van der Waals surface area contributed by atoms with E-state index in [9.17, 15) is 4.79 Å². The van der Waals surface area contributed by atoms with Gasteiger partial charge in [-0.3, -0.25) is 4.79 Å². The average Bonchev–Trinajstić information content (AvgIpc) is 2.75. The van der Waals surface area contributed by atoms with Crippen LogP contribution in [0.1, 0.15) is 71.6 Å². The van der Waals surface area contributed by atoms with Gasteiger partial charge in [-0.1, -0.05) is 13.8 Å². The van der Waals surface area contributed by atoms with E-state index in [0.29, 0.717) is 29.1 Å². The molecule has 1 spiro atoms. The molecule has 7 atom stereocenters. The molecule has 6 fully saturated rings. The lowest BCUT2D eigenvalue weighted by molar-refractivity contribution is -0.327. The normalized spacial score (nSPS) is 61.5. The summed E-state index contributed by atoms with van der Waals surface area (Å²) in [5.41, 5.74) is 0.517. The molecule has 4 bridgehead atoms. The highest BCUT2D eigenvalue weighted by atomic mass is 16.5. The van der Waals surface area contributed by atoms with Gasteiger partial charge in [0.15, 0.2) is 0 Å². The molecule has 0 unspecified atom stereocenters. The molecule has 0 aromatic heterocycles. The van der Waals surface area contributed by atoms with Crippen LogP contribution in [0.4, 0.5) is 0 Å². The van der Waals surface area contributed by atoms with Crippen LogP contribution >= 0.6 is 0 Å². The first kappa shape index (κ1) is 13.1. The average molecular weight is 288 g/mol. The first-order valence-corrected chi connectivity index (χ1v) is 9.21. The monoisotopic (exact) mass is 288 g/mol. The van der Waals surface area contributed by atoms with Crippen molar-refractivity contribution < 1.29 is 9.53 Å². The second kappa shape index (κ2) is 3.75. The van der Waals surface area contributed by atoms with Crippen molar-refractivity contribution in [1.82, 2.24) is 0 Å². The van der Waals surface area contributed by atoms with Crippen LogP contribution in [0.5, 0.6) is 0 Å². The Labute approximate surface area is 128 Å². The van der Waals surface area contributed by atoms with E-state index in [1.165, 1.54) is 32.1 Å². The highest BCUT2D eigenvalue weighted by molar-refractivity contribution is 5.87. The van der Waals surface area contributed by atoms with Gasteiger partial charge < -0.3 is 4.74 Å². The zero-order valence-electron chi connectivity index (χ0n) is 13.5. The van der Waals surface area contributed by atoms with Gasteiger partial charge >= 0.3 is 0 Å². The molecule has 0 amide bonds. The van der Waals surface area contributed by atoms with E-state index in [2.05, 4.69) is 13.8 Å². The van der Waals surface area contributed by atoms with Crippen molar-refractivity contribution >= 4 is 5.78 Å². The standard InChI is InChI=1S/C19H28O2/c1-17-9-10-19-15(14(17)5-6-16(17)20)4-3-12-11-13(21-19)7-8-18(12,19)2/h12-15H,3-11H2,1-2H3/t12-,13-,14+,15+,17+,18+,19-/m1/s1. The highest BCUT2D eigenvalue weighted by Crippen LogP contribution is 2.71. The van der Waals surface area contributed by atoms with Gasteiger partial charge in [0.25, 0.3) is 0 Å². The van der Waals surface area contributed by atoms with Crippen LogP contribution < -0.4 is 0 Å². The SMILES string of the molecule is C[C@]12CC[C@@H]3C[C@H]1CC[C@H]1[C@@H]4CCC(=O)[C@@]4(C)CC[C@@]12O3. The first-order valence-electron chi connectivity index (χ1n) is 9.21. The summed E-state index contributed by atoms with van der Waals surface area (Å²) in [6.45, 7) is 4.81. The van der Waals surface area contributed by atoms with Crippen LogP contribution in [0.3, 0.4) is 0 Å². The number of carbonyl (C=O) groups excluding carboxylic acids is 1. The minimum atomic E-state index is -0.0147. The maximum absolute atomic E-state index is 12.5. The molecule has 116 valence electrons. The summed E-state index contributed by atoms with van der Waals surface area (Å²) in [6.07, 6.45) is 11.4. The number of ether oxygens (including phenoxy) is 1. The predicted octanol–water partition coefficient (Wildman–Crippen LogP) is 4.12. The van der Waals surface area contributed by atoms with Crippen LogP contribution in [0.15, 0.2) is 0 Å². The molecule has 0 N–H and O–H groups in total. The van der Waals surface area contributed by atoms with Gasteiger partial charge in [0.1, 0.15) is 5.78 Å². The molecule has 0 aromatic carbocycles. The molecule has 4 aliphatic carbocycles. The third-order valence-electron chi connectivity index (χ3n) is 8.84. The Balaban J connectivity index is 1.62. The van der Waals surface area contributed by atoms with E-state index in [1.807, 2.05) is 0 Å². The number of hydrogen-bond donors (Lipinski definition) is 0. The van der Waals surface area contributed by atoms with Gasteiger partial charge in [0.2, 0.25) is 0 Å². The Hall–Kier alpha value is -0.370. The van der Waals surface area contributed by atoms with Gasteiger partial charge in [-0.15, -0.1) is 0 Å². The maximum atomic E-state index is 12.5. The summed E-state index contributed by atoms with van der Waals surface area (Å²) in [4.78, 5) is 12.5. The molecule has 0 radical (unpaired) electrons. The molecule has 2 nitrogen and oxygen atoms in total. The zero-order valence-corrected chi connectivity index (χ0v) is 13.5. The van der Waals surface area contributed by atoms with E-state index in [4.69, 9.17) is 4.74 Å². The Kier molecular flexibility index (Phi) is 2.34. The number of carbonyl (C=O) groups is 1. The second-order valence-corrected chi connectivity index (χ2v) is 9.19.